The summed E-state index contributed by atoms with van der Waals surface area (Å²) < 4.78 is 26.7. The average Bonchev–Trinajstić information content (AvgIpc) is 3.21. The van der Waals surface area contributed by atoms with Crippen molar-refractivity contribution in [2.24, 2.45) is 22.9 Å². The summed E-state index contributed by atoms with van der Waals surface area (Å²) in [6, 6.07) is 6.13. The number of rotatable bonds is 5. The van der Waals surface area contributed by atoms with Crippen LogP contribution in [0.5, 0.6) is 0 Å². The normalized spacial score (nSPS) is 25.4. The molecule has 1 aromatic carbocycles. The second-order valence-corrected chi connectivity index (χ2v) is 10.4. The third-order valence-corrected chi connectivity index (χ3v) is 7.79. The van der Waals surface area contributed by atoms with E-state index in [-0.39, 0.29) is 10.8 Å². The Balaban J connectivity index is 1.69. The van der Waals surface area contributed by atoms with E-state index in [1.807, 2.05) is 0 Å². The maximum Gasteiger partial charge on any atom is 0.271 e. The van der Waals surface area contributed by atoms with Crippen molar-refractivity contribution in [3.8, 4) is 0 Å². The zero-order valence-electron chi connectivity index (χ0n) is 17.0. The fourth-order valence-electron chi connectivity index (χ4n) is 4.13. The van der Waals surface area contributed by atoms with Crippen molar-refractivity contribution in [1.29, 1.82) is 0 Å². The highest BCUT2D eigenvalue weighted by molar-refractivity contribution is 7.89. The van der Waals surface area contributed by atoms with E-state index in [4.69, 9.17) is 0 Å². The zero-order valence-corrected chi connectivity index (χ0v) is 17.8. The minimum Gasteiger partial charge on any atom is -0.267 e. The van der Waals surface area contributed by atoms with Gasteiger partial charge in [0.25, 0.3) is 5.91 Å². The van der Waals surface area contributed by atoms with Gasteiger partial charge in [0.15, 0.2) is 0 Å². The highest BCUT2D eigenvalue weighted by Gasteiger charge is 2.28. The van der Waals surface area contributed by atoms with Gasteiger partial charge >= 0.3 is 0 Å². The molecule has 1 amide bonds. The molecular formula is C21H31N3O3S. The number of benzene rings is 1. The first-order chi connectivity index (χ1) is 13.3. The molecule has 1 heterocycles. The van der Waals surface area contributed by atoms with E-state index in [0.29, 0.717) is 36.4 Å². The summed E-state index contributed by atoms with van der Waals surface area (Å²) in [5.41, 5.74) is 4.15. The topological polar surface area (TPSA) is 78.8 Å². The molecule has 0 unspecified atom stereocenters. The fourth-order valence-corrected chi connectivity index (χ4v) is 5.65. The SMILES string of the molecule is CC(C)[C@@H]1CC[C@H](C)CC1=NNC(=O)c1ccc(S(=O)(=O)N2CCCC2)cc1. The highest BCUT2D eigenvalue weighted by Crippen LogP contribution is 2.31. The number of amides is 1. The lowest BCUT2D eigenvalue weighted by Gasteiger charge is -2.30. The van der Waals surface area contributed by atoms with Crippen LogP contribution < -0.4 is 5.43 Å². The van der Waals surface area contributed by atoms with Crippen molar-refractivity contribution in [1.82, 2.24) is 9.73 Å². The lowest BCUT2D eigenvalue weighted by atomic mass is 9.76. The summed E-state index contributed by atoms with van der Waals surface area (Å²) in [4.78, 5) is 12.7. The van der Waals surface area contributed by atoms with Crippen LogP contribution in [0.4, 0.5) is 0 Å². The molecule has 1 saturated heterocycles. The van der Waals surface area contributed by atoms with Crippen LogP contribution in [0.25, 0.3) is 0 Å². The minimum absolute atomic E-state index is 0.234. The number of sulfonamides is 1. The monoisotopic (exact) mass is 405 g/mol. The van der Waals surface area contributed by atoms with Gasteiger partial charge in [0.05, 0.1) is 4.90 Å². The lowest BCUT2D eigenvalue weighted by molar-refractivity contribution is 0.0954. The molecule has 2 atom stereocenters. The number of hydrogen-bond donors (Lipinski definition) is 1. The van der Waals surface area contributed by atoms with Crippen LogP contribution in [-0.4, -0.2) is 37.4 Å². The number of nitrogens with one attached hydrogen (secondary N) is 1. The standard InChI is InChI=1S/C21H31N3O3S/c1-15(2)19-11-6-16(3)14-20(19)22-23-21(25)17-7-9-18(10-8-17)28(26,27)24-12-4-5-13-24/h7-10,15-16,19H,4-6,11-14H2,1-3H3,(H,23,25)/t16-,19-/m0/s1. The van der Waals surface area contributed by atoms with E-state index in [0.717, 1.165) is 31.4 Å². The van der Waals surface area contributed by atoms with Gasteiger partial charge in [-0.05, 0) is 68.2 Å². The van der Waals surface area contributed by atoms with Crippen LogP contribution >= 0.6 is 0 Å². The Hall–Kier alpha value is -1.73. The van der Waals surface area contributed by atoms with Gasteiger partial charge in [-0.15, -0.1) is 0 Å². The number of hydrazone groups is 1. The molecule has 7 heteroatoms. The Labute approximate surface area is 168 Å². The molecule has 0 aromatic heterocycles. The first-order valence-electron chi connectivity index (χ1n) is 10.3. The third kappa shape index (κ3) is 4.63. The van der Waals surface area contributed by atoms with Gasteiger partial charge in [0, 0.05) is 30.3 Å². The molecule has 154 valence electrons. The molecule has 2 fully saturated rings. The molecule has 1 aliphatic heterocycles. The van der Waals surface area contributed by atoms with Gasteiger partial charge in [-0.2, -0.15) is 9.41 Å². The van der Waals surface area contributed by atoms with Crippen molar-refractivity contribution >= 4 is 21.6 Å². The van der Waals surface area contributed by atoms with Crippen LogP contribution in [0.15, 0.2) is 34.3 Å². The van der Waals surface area contributed by atoms with Gasteiger partial charge in [0.1, 0.15) is 0 Å². The molecule has 3 rings (SSSR count). The first kappa shape index (κ1) is 21.0. The van der Waals surface area contributed by atoms with Crippen molar-refractivity contribution in [2.75, 3.05) is 13.1 Å². The second-order valence-electron chi connectivity index (χ2n) is 8.42. The molecule has 1 aromatic rings. The van der Waals surface area contributed by atoms with Gasteiger partial charge < -0.3 is 0 Å². The maximum atomic E-state index is 12.6. The quantitative estimate of drug-likeness (QED) is 0.760. The molecule has 2 aliphatic rings. The zero-order chi connectivity index (χ0) is 20.3. The van der Waals surface area contributed by atoms with Crippen molar-refractivity contribution < 1.29 is 13.2 Å². The van der Waals surface area contributed by atoms with Crippen LogP contribution in [-0.2, 0) is 10.0 Å². The minimum atomic E-state index is -3.46. The van der Waals surface area contributed by atoms with Crippen LogP contribution in [0.2, 0.25) is 0 Å². The first-order valence-corrected chi connectivity index (χ1v) is 11.7. The van der Waals surface area contributed by atoms with Gasteiger partial charge in [-0.3, -0.25) is 4.79 Å². The van der Waals surface area contributed by atoms with Crippen LogP contribution in [0.1, 0.15) is 63.2 Å². The maximum absolute atomic E-state index is 12.6. The van der Waals surface area contributed by atoms with Gasteiger partial charge in [-0.1, -0.05) is 20.8 Å². The Morgan fingerprint density at radius 1 is 1.14 bits per heavy atom. The highest BCUT2D eigenvalue weighted by atomic mass is 32.2. The summed E-state index contributed by atoms with van der Waals surface area (Å²) >= 11 is 0. The average molecular weight is 406 g/mol. The Bertz CT molecular complexity index is 825. The summed E-state index contributed by atoms with van der Waals surface area (Å²) in [5.74, 6) is 1.18. The molecule has 0 spiro atoms. The molecule has 28 heavy (non-hydrogen) atoms. The Morgan fingerprint density at radius 3 is 2.39 bits per heavy atom. The second kappa shape index (κ2) is 8.74. The van der Waals surface area contributed by atoms with Crippen LogP contribution in [0, 0.1) is 17.8 Å². The number of carbonyl (C=O) groups is 1. The van der Waals surface area contributed by atoms with Crippen molar-refractivity contribution in [3.63, 3.8) is 0 Å². The molecule has 1 N–H and O–H groups in total. The summed E-state index contributed by atoms with van der Waals surface area (Å²) in [6.45, 7) is 7.73. The lowest BCUT2D eigenvalue weighted by Crippen LogP contribution is -2.31. The van der Waals surface area contributed by atoms with Crippen LogP contribution in [0.3, 0.4) is 0 Å². The van der Waals surface area contributed by atoms with E-state index < -0.39 is 10.0 Å². The Morgan fingerprint density at radius 2 is 1.79 bits per heavy atom. The third-order valence-electron chi connectivity index (χ3n) is 5.88. The molecule has 0 radical (unpaired) electrons. The smallest absolute Gasteiger partial charge is 0.267 e. The number of carbonyl (C=O) groups excluding carboxylic acids is 1. The van der Waals surface area contributed by atoms with E-state index in [1.165, 1.54) is 22.9 Å². The predicted molar refractivity (Wildman–Crippen MR) is 111 cm³/mol. The number of nitrogens with zero attached hydrogens (tertiary/aromatic N) is 2. The molecule has 6 nitrogen and oxygen atoms in total. The van der Waals surface area contributed by atoms with Crippen molar-refractivity contribution in [3.05, 3.63) is 29.8 Å². The van der Waals surface area contributed by atoms with E-state index in [9.17, 15) is 13.2 Å². The van der Waals surface area contributed by atoms with Gasteiger partial charge in [-0.25, -0.2) is 13.8 Å². The Kier molecular flexibility index (Phi) is 6.55. The van der Waals surface area contributed by atoms with E-state index in [2.05, 4.69) is 31.3 Å². The summed E-state index contributed by atoms with van der Waals surface area (Å²) in [7, 11) is -3.46. The van der Waals surface area contributed by atoms with E-state index in [1.54, 1.807) is 12.1 Å². The molecule has 0 bridgehead atoms. The summed E-state index contributed by atoms with van der Waals surface area (Å²) in [6.07, 6.45) is 5.02. The van der Waals surface area contributed by atoms with Crippen molar-refractivity contribution in [2.45, 2.75) is 57.8 Å². The fraction of sp³-hybridized carbons (Fsp3) is 0.619. The molecular weight excluding hydrogens is 374 g/mol. The predicted octanol–water partition coefficient (Wildman–Crippen LogP) is 3.65. The van der Waals surface area contributed by atoms with Gasteiger partial charge in [0.2, 0.25) is 10.0 Å². The molecule has 1 aliphatic carbocycles. The summed E-state index contributed by atoms with van der Waals surface area (Å²) in [5, 5.41) is 4.44. The molecule has 1 saturated carbocycles. The largest absolute Gasteiger partial charge is 0.271 e. The van der Waals surface area contributed by atoms with E-state index >= 15 is 0 Å². The number of hydrogen-bond acceptors (Lipinski definition) is 4.